The Morgan fingerprint density at radius 1 is 0.897 bits per heavy atom. The van der Waals surface area contributed by atoms with E-state index in [4.69, 9.17) is 9.47 Å². The first-order chi connectivity index (χ1) is 14.0. The van der Waals surface area contributed by atoms with Crippen molar-refractivity contribution in [2.45, 2.75) is 6.42 Å². The minimum Gasteiger partial charge on any atom is -0.497 e. The Balaban J connectivity index is 1.43. The van der Waals surface area contributed by atoms with Gasteiger partial charge in [-0.05, 0) is 42.5 Å². The van der Waals surface area contributed by atoms with Crippen molar-refractivity contribution < 1.29 is 27.8 Å². The van der Waals surface area contributed by atoms with Crippen molar-refractivity contribution in [1.82, 2.24) is 9.80 Å². The van der Waals surface area contributed by atoms with Crippen molar-refractivity contribution in [3.05, 3.63) is 59.7 Å². The normalized spacial score (nSPS) is 13.9. The molecular formula is C21H22F2N2O4. The second kappa shape index (κ2) is 9.36. The maximum Gasteiger partial charge on any atom is 0.254 e. The summed E-state index contributed by atoms with van der Waals surface area (Å²) in [6, 6.07) is 10.2. The van der Waals surface area contributed by atoms with Crippen LogP contribution in [0.1, 0.15) is 16.8 Å². The molecule has 0 N–H and O–H groups in total. The molecule has 1 saturated heterocycles. The first-order valence-corrected chi connectivity index (χ1v) is 9.27. The Labute approximate surface area is 167 Å². The molecule has 2 aromatic rings. The van der Waals surface area contributed by atoms with E-state index in [-0.39, 0.29) is 30.4 Å². The zero-order chi connectivity index (χ0) is 20.8. The molecule has 3 rings (SSSR count). The fraction of sp³-hybridized carbons (Fsp3) is 0.333. The van der Waals surface area contributed by atoms with E-state index < -0.39 is 11.6 Å². The summed E-state index contributed by atoms with van der Waals surface area (Å²) in [5.41, 5.74) is 0.0940. The number of ether oxygens (including phenoxy) is 2. The molecule has 0 aromatic heterocycles. The van der Waals surface area contributed by atoms with Crippen LogP contribution in [-0.4, -0.2) is 61.5 Å². The molecule has 8 heteroatoms. The third kappa shape index (κ3) is 5.22. The predicted octanol–water partition coefficient (Wildman–Crippen LogP) is 2.73. The van der Waals surface area contributed by atoms with Crippen LogP contribution < -0.4 is 9.47 Å². The van der Waals surface area contributed by atoms with Crippen molar-refractivity contribution in [1.29, 1.82) is 0 Å². The van der Waals surface area contributed by atoms with Gasteiger partial charge >= 0.3 is 0 Å². The third-order valence-corrected chi connectivity index (χ3v) is 4.73. The van der Waals surface area contributed by atoms with Gasteiger partial charge in [0, 0.05) is 31.7 Å². The van der Waals surface area contributed by atoms with E-state index in [2.05, 4.69) is 0 Å². The van der Waals surface area contributed by atoms with Gasteiger partial charge in [0.2, 0.25) is 5.91 Å². The van der Waals surface area contributed by atoms with Crippen LogP contribution in [-0.2, 0) is 4.79 Å². The summed E-state index contributed by atoms with van der Waals surface area (Å²) in [5.74, 6) is -1.10. The summed E-state index contributed by atoms with van der Waals surface area (Å²) in [5, 5.41) is 0. The lowest BCUT2D eigenvalue weighted by atomic mass is 10.1. The Morgan fingerprint density at radius 2 is 1.52 bits per heavy atom. The molecule has 6 nitrogen and oxygen atoms in total. The second-order valence-electron chi connectivity index (χ2n) is 6.58. The monoisotopic (exact) mass is 404 g/mol. The SMILES string of the molecule is COc1ccc(OCCC(=O)N2CCN(C(=O)c3ccc(F)c(F)c3)CC2)cc1. The lowest BCUT2D eigenvalue weighted by Crippen LogP contribution is -2.50. The van der Waals surface area contributed by atoms with Gasteiger partial charge in [0.05, 0.1) is 20.1 Å². The van der Waals surface area contributed by atoms with Gasteiger partial charge in [0.25, 0.3) is 5.91 Å². The number of carbonyl (C=O) groups excluding carboxylic acids is 2. The molecule has 154 valence electrons. The topological polar surface area (TPSA) is 59.1 Å². The van der Waals surface area contributed by atoms with Crippen molar-refractivity contribution in [3.63, 3.8) is 0 Å². The largest absolute Gasteiger partial charge is 0.497 e. The number of hydrogen-bond acceptors (Lipinski definition) is 4. The lowest BCUT2D eigenvalue weighted by molar-refractivity contribution is -0.133. The van der Waals surface area contributed by atoms with E-state index >= 15 is 0 Å². The molecule has 29 heavy (non-hydrogen) atoms. The highest BCUT2D eigenvalue weighted by Gasteiger charge is 2.25. The molecule has 1 fully saturated rings. The van der Waals surface area contributed by atoms with Gasteiger partial charge < -0.3 is 19.3 Å². The van der Waals surface area contributed by atoms with E-state index in [1.165, 1.54) is 11.0 Å². The highest BCUT2D eigenvalue weighted by Crippen LogP contribution is 2.17. The van der Waals surface area contributed by atoms with Gasteiger partial charge in [-0.15, -0.1) is 0 Å². The summed E-state index contributed by atoms with van der Waals surface area (Å²) in [6.07, 6.45) is 0.225. The zero-order valence-corrected chi connectivity index (χ0v) is 16.1. The maximum atomic E-state index is 13.3. The summed E-state index contributed by atoms with van der Waals surface area (Å²) in [4.78, 5) is 28.0. The molecule has 0 spiro atoms. The number of methoxy groups -OCH3 is 1. The quantitative estimate of drug-likeness (QED) is 0.743. The molecule has 0 bridgehead atoms. The smallest absolute Gasteiger partial charge is 0.254 e. The van der Waals surface area contributed by atoms with Gasteiger partial charge in [-0.2, -0.15) is 0 Å². The van der Waals surface area contributed by atoms with E-state index in [0.717, 1.165) is 17.9 Å². The number of rotatable bonds is 6. The molecule has 0 unspecified atom stereocenters. The number of hydrogen-bond donors (Lipinski definition) is 0. The highest BCUT2D eigenvalue weighted by atomic mass is 19.2. The second-order valence-corrected chi connectivity index (χ2v) is 6.58. The molecule has 0 radical (unpaired) electrons. The molecule has 1 aliphatic heterocycles. The minimum atomic E-state index is -1.05. The summed E-state index contributed by atoms with van der Waals surface area (Å²) in [7, 11) is 1.58. The number of carbonyl (C=O) groups is 2. The van der Waals surface area contributed by atoms with Crippen LogP contribution in [0.3, 0.4) is 0 Å². The Kier molecular flexibility index (Phi) is 6.64. The van der Waals surface area contributed by atoms with Crippen molar-refractivity contribution in [3.8, 4) is 11.5 Å². The van der Waals surface area contributed by atoms with Crippen LogP contribution in [0, 0.1) is 11.6 Å². The number of benzene rings is 2. The number of piperazine rings is 1. The number of nitrogens with zero attached hydrogens (tertiary/aromatic N) is 2. The molecule has 2 amide bonds. The lowest BCUT2D eigenvalue weighted by Gasteiger charge is -2.34. The molecule has 2 aromatic carbocycles. The van der Waals surface area contributed by atoms with Crippen molar-refractivity contribution >= 4 is 11.8 Å². The number of halogens is 2. The van der Waals surface area contributed by atoms with E-state index in [0.29, 0.717) is 31.9 Å². The van der Waals surface area contributed by atoms with Crippen LogP contribution in [0.4, 0.5) is 8.78 Å². The van der Waals surface area contributed by atoms with Gasteiger partial charge in [-0.1, -0.05) is 0 Å². The fourth-order valence-corrected chi connectivity index (χ4v) is 3.06. The first-order valence-electron chi connectivity index (χ1n) is 9.27. The van der Waals surface area contributed by atoms with Crippen LogP contribution in [0.2, 0.25) is 0 Å². The summed E-state index contributed by atoms with van der Waals surface area (Å²) in [6.45, 7) is 1.69. The predicted molar refractivity (Wildman–Crippen MR) is 102 cm³/mol. The van der Waals surface area contributed by atoms with Gasteiger partial charge in [0.15, 0.2) is 11.6 Å². The van der Waals surface area contributed by atoms with Gasteiger partial charge in [-0.25, -0.2) is 8.78 Å². The van der Waals surface area contributed by atoms with Crippen LogP contribution in [0.5, 0.6) is 11.5 Å². The zero-order valence-electron chi connectivity index (χ0n) is 16.1. The van der Waals surface area contributed by atoms with E-state index in [9.17, 15) is 18.4 Å². The molecular weight excluding hydrogens is 382 g/mol. The Hall–Kier alpha value is -3.16. The van der Waals surface area contributed by atoms with Crippen LogP contribution in [0.15, 0.2) is 42.5 Å². The third-order valence-electron chi connectivity index (χ3n) is 4.73. The average Bonchev–Trinajstić information content (AvgIpc) is 2.75. The molecule has 1 aliphatic rings. The molecule has 0 saturated carbocycles. The minimum absolute atomic E-state index is 0.0570. The highest BCUT2D eigenvalue weighted by molar-refractivity contribution is 5.94. The Morgan fingerprint density at radius 3 is 2.14 bits per heavy atom. The van der Waals surface area contributed by atoms with E-state index in [1.54, 1.807) is 36.3 Å². The molecule has 0 aliphatic carbocycles. The van der Waals surface area contributed by atoms with E-state index in [1.807, 2.05) is 0 Å². The van der Waals surface area contributed by atoms with Gasteiger partial charge in [-0.3, -0.25) is 9.59 Å². The van der Waals surface area contributed by atoms with Gasteiger partial charge in [0.1, 0.15) is 11.5 Å². The van der Waals surface area contributed by atoms with Crippen molar-refractivity contribution in [2.75, 3.05) is 39.9 Å². The fourth-order valence-electron chi connectivity index (χ4n) is 3.06. The van der Waals surface area contributed by atoms with Crippen LogP contribution in [0.25, 0.3) is 0 Å². The standard InChI is InChI=1S/C21H22F2N2O4/c1-28-16-3-5-17(6-4-16)29-13-8-20(26)24-9-11-25(12-10-24)21(27)15-2-7-18(22)19(23)14-15/h2-7,14H,8-13H2,1H3. The molecule has 0 atom stereocenters. The number of amides is 2. The average molecular weight is 404 g/mol. The van der Waals surface area contributed by atoms with Crippen LogP contribution >= 0.6 is 0 Å². The Bertz CT molecular complexity index is 865. The van der Waals surface area contributed by atoms with Crippen molar-refractivity contribution in [2.24, 2.45) is 0 Å². The summed E-state index contributed by atoms with van der Waals surface area (Å²) >= 11 is 0. The maximum absolute atomic E-state index is 13.3. The first kappa shape index (κ1) is 20.6. The molecule has 1 heterocycles. The summed E-state index contributed by atoms with van der Waals surface area (Å²) < 4.78 is 37.0.